The number of hydrogen-bond acceptors (Lipinski definition) is 3. The number of carbonyl (C=O) groups excluding carboxylic acids is 1. The molecule has 2 aromatic rings. The van der Waals surface area contributed by atoms with Crippen LogP contribution in [0.1, 0.15) is 10.4 Å². The number of rotatable bonds is 3. The van der Waals surface area contributed by atoms with E-state index >= 15 is 0 Å². The molecule has 0 aliphatic rings. The second-order valence-electron chi connectivity index (χ2n) is 3.76. The zero-order valence-electron chi connectivity index (χ0n) is 10.1. The maximum absolute atomic E-state index is 13.4. The van der Waals surface area contributed by atoms with Gasteiger partial charge in [0.1, 0.15) is 0 Å². The van der Waals surface area contributed by atoms with Crippen molar-refractivity contribution in [3.05, 3.63) is 54.1 Å². The molecule has 2 rings (SSSR count). The number of pyridine rings is 1. The van der Waals surface area contributed by atoms with E-state index in [4.69, 9.17) is 0 Å². The van der Waals surface area contributed by atoms with Gasteiger partial charge in [-0.05, 0) is 18.2 Å². The van der Waals surface area contributed by atoms with Crippen LogP contribution >= 0.6 is 0 Å². The molecular weight excluding hydrogens is 267 g/mol. The number of anilines is 1. The minimum atomic E-state index is -1.24. The van der Waals surface area contributed by atoms with Crippen molar-refractivity contribution >= 4 is 22.4 Å². The van der Waals surface area contributed by atoms with Crippen molar-refractivity contribution < 1.29 is 13.4 Å². The second kappa shape index (κ2) is 5.71. The molecule has 0 aliphatic heterocycles. The monoisotopic (exact) mass is 278 g/mol. The van der Waals surface area contributed by atoms with Crippen LogP contribution in [0.2, 0.25) is 0 Å². The van der Waals surface area contributed by atoms with Gasteiger partial charge in [-0.1, -0.05) is 12.1 Å². The number of nitrogens with zero attached hydrogens (tertiary/aromatic N) is 1. The molecule has 1 N–H and O–H groups in total. The van der Waals surface area contributed by atoms with Crippen LogP contribution in [0.25, 0.3) is 0 Å². The average Bonchev–Trinajstić information content (AvgIpc) is 2.39. The third kappa shape index (κ3) is 3.03. The summed E-state index contributed by atoms with van der Waals surface area (Å²) >= 11 is 0. The standard InChI is InChI=1S/C13H11FN2O2S/c1-19(18)12-5-3-2-4-11(12)16-13(17)9-6-7-15-8-10(9)14/h2-8H,1H3,(H,16,17). The quantitative estimate of drug-likeness (QED) is 0.936. The normalized spacial score (nSPS) is 11.9. The lowest BCUT2D eigenvalue weighted by Crippen LogP contribution is -2.15. The number of hydrogen-bond donors (Lipinski definition) is 1. The topological polar surface area (TPSA) is 59.1 Å². The summed E-state index contributed by atoms with van der Waals surface area (Å²) in [5.74, 6) is -1.30. The molecule has 0 fully saturated rings. The molecule has 1 aromatic heterocycles. The van der Waals surface area contributed by atoms with Gasteiger partial charge in [-0.2, -0.15) is 0 Å². The molecule has 1 unspecified atom stereocenters. The number of aromatic nitrogens is 1. The minimum absolute atomic E-state index is 0.105. The predicted octanol–water partition coefficient (Wildman–Crippen LogP) is 2.21. The van der Waals surface area contributed by atoms with Crippen LogP contribution in [-0.2, 0) is 10.8 Å². The lowest BCUT2D eigenvalue weighted by Gasteiger charge is -2.09. The first-order valence-corrected chi connectivity index (χ1v) is 6.98. The number of nitrogens with one attached hydrogen (secondary N) is 1. The van der Waals surface area contributed by atoms with Gasteiger partial charge >= 0.3 is 0 Å². The van der Waals surface area contributed by atoms with Crippen molar-refractivity contribution in [3.8, 4) is 0 Å². The molecule has 1 atom stereocenters. The highest BCUT2D eigenvalue weighted by molar-refractivity contribution is 7.84. The van der Waals surface area contributed by atoms with Gasteiger partial charge in [-0.25, -0.2) is 4.39 Å². The van der Waals surface area contributed by atoms with Crippen molar-refractivity contribution in [2.24, 2.45) is 0 Å². The summed E-state index contributed by atoms with van der Waals surface area (Å²) in [6, 6.07) is 7.98. The van der Waals surface area contributed by atoms with E-state index in [1.165, 1.54) is 18.5 Å². The summed E-state index contributed by atoms with van der Waals surface area (Å²) in [4.78, 5) is 16.0. The Kier molecular flexibility index (Phi) is 4.01. The predicted molar refractivity (Wildman–Crippen MR) is 70.9 cm³/mol. The first-order valence-electron chi connectivity index (χ1n) is 5.43. The van der Waals surface area contributed by atoms with Gasteiger partial charge in [-0.15, -0.1) is 0 Å². The van der Waals surface area contributed by atoms with Crippen molar-refractivity contribution in [2.45, 2.75) is 4.90 Å². The van der Waals surface area contributed by atoms with E-state index in [1.807, 2.05) is 0 Å². The zero-order valence-corrected chi connectivity index (χ0v) is 10.9. The molecule has 4 nitrogen and oxygen atoms in total. The fraction of sp³-hybridized carbons (Fsp3) is 0.0769. The summed E-state index contributed by atoms with van der Waals surface area (Å²) in [6.45, 7) is 0. The fourth-order valence-electron chi connectivity index (χ4n) is 1.57. The molecule has 1 aromatic carbocycles. The Morgan fingerprint density at radius 1 is 1.32 bits per heavy atom. The van der Waals surface area contributed by atoms with Crippen molar-refractivity contribution in [2.75, 3.05) is 11.6 Å². The molecule has 6 heteroatoms. The van der Waals surface area contributed by atoms with E-state index in [0.29, 0.717) is 10.6 Å². The Hall–Kier alpha value is -2.08. The molecule has 19 heavy (non-hydrogen) atoms. The SMILES string of the molecule is CS(=O)c1ccccc1NC(=O)c1ccncc1F. The molecule has 0 aliphatic carbocycles. The highest BCUT2D eigenvalue weighted by Crippen LogP contribution is 2.19. The van der Waals surface area contributed by atoms with Crippen LogP contribution in [0, 0.1) is 5.82 Å². The summed E-state index contributed by atoms with van der Waals surface area (Å²) in [7, 11) is -1.24. The largest absolute Gasteiger partial charge is 0.321 e. The summed E-state index contributed by atoms with van der Waals surface area (Å²) < 4.78 is 24.9. The average molecular weight is 278 g/mol. The summed E-state index contributed by atoms with van der Waals surface area (Å²) in [6.07, 6.45) is 3.82. The number of halogens is 1. The molecule has 0 saturated carbocycles. The van der Waals surface area contributed by atoms with Crippen LogP contribution in [-0.4, -0.2) is 21.4 Å². The minimum Gasteiger partial charge on any atom is -0.321 e. The molecule has 0 saturated heterocycles. The van der Waals surface area contributed by atoms with Crippen LogP contribution in [0.4, 0.5) is 10.1 Å². The maximum atomic E-state index is 13.4. The van der Waals surface area contributed by atoms with Crippen molar-refractivity contribution in [1.29, 1.82) is 0 Å². The Balaban J connectivity index is 2.30. The van der Waals surface area contributed by atoms with Crippen molar-refractivity contribution in [1.82, 2.24) is 4.98 Å². The molecule has 98 valence electrons. The van der Waals surface area contributed by atoms with Crippen LogP contribution < -0.4 is 5.32 Å². The Bertz CT molecular complexity index is 646. The van der Waals surface area contributed by atoms with E-state index in [0.717, 1.165) is 6.20 Å². The van der Waals surface area contributed by atoms with Crippen LogP contribution in [0.3, 0.4) is 0 Å². The van der Waals surface area contributed by atoms with E-state index < -0.39 is 22.5 Å². The third-order valence-corrected chi connectivity index (χ3v) is 3.44. The first-order chi connectivity index (χ1) is 9.09. The van der Waals surface area contributed by atoms with E-state index in [9.17, 15) is 13.4 Å². The second-order valence-corrected chi connectivity index (χ2v) is 5.11. The zero-order chi connectivity index (χ0) is 13.8. The fourth-order valence-corrected chi connectivity index (χ4v) is 2.27. The van der Waals surface area contributed by atoms with Crippen molar-refractivity contribution in [3.63, 3.8) is 0 Å². The van der Waals surface area contributed by atoms with E-state index in [-0.39, 0.29) is 5.56 Å². The third-order valence-electron chi connectivity index (χ3n) is 2.46. The lowest BCUT2D eigenvalue weighted by atomic mass is 10.2. The maximum Gasteiger partial charge on any atom is 0.258 e. The van der Waals surface area contributed by atoms with Gasteiger partial charge in [-0.3, -0.25) is 14.0 Å². The summed E-state index contributed by atoms with van der Waals surface area (Å²) in [5, 5.41) is 2.55. The lowest BCUT2D eigenvalue weighted by molar-refractivity contribution is 0.102. The van der Waals surface area contributed by atoms with Gasteiger partial charge < -0.3 is 5.32 Å². The van der Waals surface area contributed by atoms with E-state index in [2.05, 4.69) is 10.3 Å². The Labute approximate surface area is 112 Å². The van der Waals surface area contributed by atoms with Gasteiger partial charge in [0, 0.05) is 12.5 Å². The smallest absolute Gasteiger partial charge is 0.258 e. The molecular formula is C13H11FN2O2S. The molecule has 0 radical (unpaired) electrons. The number of carbonyl (C=O) groups is 1. The number of benzene rings is 1. The molecule has 0 bridgehead atoms. The number of para-hydroxylation sites is 1. The van der Waals surface area contributed by atoms with Crippen LogP contribution in [0.15, 0.2) is 47.6 Å². The molecule has 0 spiro atoms. The highest BCUT2D eigenvalue weighted by atomic mass is 32.2. The van der Waals surface area contributed by atoms with Gasteiger partial charge in [0.05, 0.1) is 33.1 Å². The Morgan fingerprint density at radius 2 is 2.05 bits per heavy atom. The van der Waals surface area contributed by atoms with Crippen LogP contribution in [0.5, 0.6) is 0 Å². The highest BCUT2D eigenvalue weighted by Gasteiger charge is 2.14. The first kappa shape index (κ1) is 13.4. The van der Waals surface area contributed by atoms with E-state index in [1.54, 1.807) is 24.3 Å². The van der Waals surface area contributed by atoms with Gasteiger partial charge in [0.15, 0.2) is 5.82 Å². The Morgan fingerprint density at radius 3 is 2.74 bits per heavy atom. The summed E-state index contributed by atoms with van der Waals surface area (Å²) in [5.41, 5.74) is 0.302. The number of amides is 1. The molecule has 1 heterocycles. The van der Waals surface area contributed by atoms with Gasteiger partial charge in [0.25, 0.3) is 5.91 Å². The molecule has 1 amide bonds. The van der Waals surface area contributed by atoms with Gasteiger partial charge in [0.2, 0.25) is 0 Å².